The molecule has 1 saturated heterocycles. The number of fused-ring (bicyclic) bond motifs is 1. The molecule has 8 heteroatoms. The van der Waals surface area contributed by atoms with Gasteiger partial charge < -0.3 is 9.80 Å². The number of hydrogen-bond acceptors (Lipinski definition) is 7. The first-order valence-corrected chi connectivity index (χ1v) is 9.53. The molecule has 0 N–H and O–H groups in total. The Kier molecular flexibility index (Phi) is 4.30. The molecule has 4 rings (SSSR count). The number of piperazine rings is 1. The number of thioether (sulfide) groups is 1. The van der Waals surface area contributed by atoms with Crippen LogP contribution >= 0.6 is 11.8 Å². The number of aliphatic imine (C=N–C) groups is 1. The quantitative estimate of drug-likeness (QED) is 0.844. The first-order chi connectivity index (χ1) is 11.7. The monoisotopic (exact) mass is 345 g/mol. The van der Waals surface area contributed by atoms with Crippen molar-refractivity contribution in [1.29, 1.82) is 0 Å². The summed E-state index contributed by atoms with van der Waals surface area (Å²) in [6, 6.07) is 2.17. The van der Waals surface area contributed by atoms with Gasteiger partial charge >= 0.3 is 0 Å². The van der Waals surface area contributed by atoms with Crippen molar-refractivity contribution in [3.05, 3.63) is 18.1 Å². The number of hydrogen-bond donors (Lipinski definition) is 0. The molecule has 24 heavy (non-hydrogen) atoms. The van der Waals surface area contributed by atoms with Gasteiger partial charge in [0.05, 0.1) is 6.54 Å². The Balaban J connectivity index is 1.53. The Morgan fingerprint density at radius 1 is 1.21 bits per heavy atom. The van der Waals surface area contributed by atoms with Crippen molar-refractivity contribution in [2.45, 2.75) is 31.9 Å². The van der Waals surface area contributed by atoms with Crippen molar-refractivity contribution in [1.82, 2.24) is 24.5 Å². The van der Waals surface area contributed by atoms with E-state index in [1.165, 1.54) is 5.17 Å². The van der Waals surface area contributed by atoms with Crippen molar-refractivity contribution >= 4 is 28.5 Å². The average molecular weight is 345 g/mol. The lowest BCUT2D eigenvalue weighted by atomic mass is 10.2. The Hall–Kier alpha value is -1.83. The molecule has 2 aliphatic rings. The third-order valence-electron chi connectivity index (χ3n) is 4.46. The highest BCUT2D eigenvalue weighted by atomic mass is 32.2. The molecule has 0 saturated carbocycles. The highest BCUT2D eigenvalue weighted by Crippen LogP contribution is 2.25. The van der Waals surface area contributed by atoms with E-state index < -0.39 is 0 Å². The molecule has 2 aromatic rings. The van der Waals surface area contributed by atoms with Crippen LogP contribution < -0.4 is 4.90 Å². The molecule has 2 aromatic heterocycles. The largest absolute Gasteiger partial charge is 0.353 e. The molecule has 0 spiro atoms. The van der Waals surface area contributed by atoms with E-state index in [0.29, 0.717) is 11.0 Å². The van der Waals surface area contributed by atoms with Crippen LogP contribution in [0, 0.1) is 0 Å². The van der Waals surface area contributed by atoms with Gasteiger partial charge in [0, 0.05) is 43.2 Å². The topological polar surface area (TPSA) is 61.9 Å². The normalized spacial score (nSPS) is 21.6. The molecule has 0 bridgehead atoms. The Morgan fingerprint density at radius 2 is 2.00 bits per heavy atom. The van der Waals surface area contributed by atoms with Gasteiger partial charge in [0.2, 0.25) is 0 Å². The molecular formula is C16H23N7S. The van der Waals surface area contributed by atoms with Gasteiger partial charge in [0.1, 0.15) is 12.1 Å². The summed E-state index contributed by atoms with van der Waals surface area (Å²) in [5, 5.41) is 6.19. The highest BCUT2D eigenvalue weighted by Gasteiger charge is 2.26. The van der Waals surface area contributed by atoms with Gasteiger partial charge in [-0.05, 0) is 6.42 Å². The van der Waals surface area contributed by atoms with Crippen LogP contribution in [0.25, 0.3) is 5.78 Å². The van der Waals surface area contributed by atoms with Gasteiger partial charge in [-0.1, -0.05) is 32.0 Å². The Morgan fingerprint density at radius 3 is 2.71 bits per heavy atom. The van der Waals surface area contributed by atoms with E-state index in [2.05, 4.69) is 49.8 Å². The van der Waals surface area contributed by atoms with Gasteiger partial charge in [-0.15, -0.1) is 0 Å². The first kappa shape index (κ1) is 15.7. The lowest BCUT2D eigenvalue weighted by molar-refractivity contribution is 0.389. The number of aromatic nitrogens is 4. The maximum absolute atomic E-state index is 4.67. The van der Waals surface area contributed by atoms with Crippen LogP contribution in [-0.4, -0.2) is 67.6 Å². The highest BCUT2D eigenvalue weighted by molar-refractivity contribution is 8.14. The number of anilines is 1. The molecule has 2 aliphatic heterocycles. The van der Waals surface area contributed by atoms with Gasteiger partial charge in [0.15, 0.2) is 5.17 Å². The minimum atomic E-state index is 0.615. The van der Waals surface area contributed by atoms with Crippen molar-refractivity contribution in [3.63, 3.8) is 0 Å². The number of aryl methyl sites for hydroxylation is 1. The fourth-order valence-electron chi connectivity index (χ4n) is 3.22. The lowest BCUT2D eigenvalue weighted by Gasteiger charge is -2.36. The van der Waals surface area contributed by atoms with Gasteiger partial charge in [0.25, 0.3) is 5.78 Å². The fourth-order valence-corrected chi connectivity index (χ4v) is 4.21. The zero-order valence-corrected chi connectivity index (χ0v) is 15.0. The van der Waals surface area contributed by atoms with E-state index in [1.54, 1.807) is 6.33 Å². The van der Waals surface area contributed by atoms with E-state index in [4.69, 9.17) is 0 Å². The third-order valence-corrected chi connectivity index (χ3v) is 5.61. The van der Waals surface area contributed by atoms with Crippen molar-refractivity contribution in [3.8, 4) is 0 Å². The van der Waals surface area contributed by atoms with E-state index in [0.717, 1.165) is 57.1 Å². The molecule has 1 atom stereocenters. The Labute approximate surface area is 146 Å². The summed E-state index contributed by atoms with van der Waals surface area (Å²) in [5.74, 6) is 1.80. The van der Waals surface area contributed by atoms with Crippen LogP contribution in [0.1, 0.15) is 26.0 Å². The second kappa shape index (κ2) is 6.58. The predicted molar refractivity (Wildman–Crippen MR) is 97.9 cm³/mol. The minimum Gasteiger partial charge on any atom is -0.353 e. The summed E-state index contributed by atoms with van der Waals surface area (Å²) < 4.78 is 1.86. The molecule has 0 radical (unpaired) electrons. The van der Waals surface area contributed by atoms with Crippen molar-refractivity contribution in [2.75, 3.05) is 37.6 Å². The third kappa shape index (κ3) is 2.94. The molecule has 7 nitrogen and oxygen atoms in total. The number of nitrogens with zero attached hydrogens (tertiary/aromatic N) is 7. The zero-order chi connectivity index (χ0) is 16.5. The maximum Gasteiger partial charge on any atom is 0.254 e. The van der Waals surface area contributed by atoms with Gasteiger partial charge in [-0.25, -0.2) is 4.98 Å². The van der Waals surface area contributed by atoms with E-state index in [1.807, 2.05) is 16.3 Å². The van der Waals surface area contributed by atoms with Crippen LogP contribution in [0.15, 0.2) is 17.4 Å². The minimum absolute atomic E-state index is 0.615. The molecule has 1 fully saturated rings. The van der Waals surface area contributed by atoms with E-state index in [9.17, 15) is 0 Å². The lowest BCUT2D eigenvalue weighted by Crippen LogP contribution is -2.48. The van der Waals surface area contributed by atoms with Crippen LogP contribution in [0.2, 0.25) is 0 Å². The van der Waals surface area contributed by atoms with Crippen molar-refractivity contribution in [2.24, 2.45) is 4.99 Å². The summed E-state index contributed by atoms with van der Waals surface area (Å²) in [6.45, 7) is 9.31. The van der Waals surface area contributed by atoms with Crippen LogP contribution in [0.5, 0.6) is 0 Å². The smallest absolute Gasteiger partial charge is 0.254 e. The molecule has 0 aliphatic carbocycles. The number of rotatable bonds is 3. The molecule has 0 aromatic carbocycles. The molecule has 4 heterocycles. The van der Waals surface area contributed by atoms with Gasteiger partial charge in [-0.3, -0.25) is 4.99 Å². The summed E-state index contributed by atoms with van der Waals surface area (Å²) in [4.78, 5) is 18.4. The fraction of sp³-hybridized carbons (Fsp3) is 0.625. The average Bonchev–Trinajstić information content (AvgIpc) is 3.23. The van der Waals surface area contributed by atoms with Crippen LogP contribution in [-0.2, 0) is 6.42 Å². The molecule has 0 unspecified atom stereocenters. The summed E-state index contributed by atoms with van der Waals surface area (Å²) in [7, 11) is 0. The van der Waals surface area contributed by atoms with E-state index >= 15 is 0 Å². The second-order valence-corrected chi connectivity index (χ2v) is 7.76. The summed E-state index contributed by atoms with van der Waals surface area (Å²) in [5.41, 5.74) is 1.10. The van der Waals surface area contributed by atoms with Crippen molar-refractivity contribution < 1.29 is 0 Å². The zero-order valence-electron chi connectivity index (χ0n) is 14.2. The molecular weight excluding hydrogens is 322 g/mol. The maximum atomic E-state index is 4.67. The predicted octanol–water partition coefficient (Wildman–Crippen LogP) is 1.69. The van der Waals surface area contributed by atoms with Gasteiger partial charge in [-0.2, -0.15) is 14.6 Å². The van der Waals surface area contributed by atoms with Crippen LogP contribution in [0.3, 0.4) is 0 Å². The summed E-state index contributed by atoms with van der Waals surface area (Å²) in [6.07, 6.45) is 3.64. The Bertz CT molecular complexity index is 748. The molecule has 0 amide bonds. The van der Waals surface area contributed by atoms with E-state index in [-0.39, 0.29) is 0 Å². The summed E-state index contributed by atoms with van der Waals surface area (Å²) >= 11 is 1.90. The van der Waals surface area contributed by atoms with Crippen LogP contribution in [0.4, 0.5) is 5.82 Å². The first-order valence-electron chi connectivity index (χ1n) is 8.65. The number of amidine groups is 1. The second-order valence-electron chi connectivity index (χ2n) is 6.35. The standard InChI is InChI=1S/C16H23N7S/c1-3-4-13-9-14(23-15(20-13)18-11-19-23)21-5-7-22(8-6-21)16-17-10-12(2)24-16/h9,11-12H,3-8,10H2,1-2H3/t12-/m0/s1. The molecule has 128 valence electrons. The SMILES string of the molecule is CCCc1cc(N2CCN(C3=NC[C@H](C)S3)CC2)n2ncnc2n1.